The molecule has 0 unspecified atom stereocenters. The van der Waals surface area contributed by atoms with E-state index < -0.39 is 9.84 Å². The van der Waals surface area contributed by atoms with Gasteiger partial charge in [-0.15, -0.1) is 0 Å². The lowest BCUT2D eigenvalue weighted by molar-refractivity contribution is 0.102. The summed E-state index contributed by atoms with van der Waals surface area (Å²) in [5.74, 6) is 0.458. The molecule has 150 valence electrons. The fraction of sp³-hybridized carbons (Fsp3) is 0.174. The number of carbonyl (C=O) groups is 1. The Hall–Kier alpha value is -3.12. The van der Waals surface area contributed by atoms with E-state index >= 15 is 0 Å². The van der Waals surface area contributed by atoms with E-state index in [1.165, 1.54) is 6.26 Å². The maximum absolute atomic E-state index is 12.6. The minimum absolute atomic E-state index is 0.0454. The summed E-state index contributed by atoms with van der Waals surface area (Å²) in [6, 6.07) is 22.1. The Morgan fingerprint density at radius 2 is 1.62 bits per heavy atom. The molecule has 0 saturated carbocycles. The van der Waals surface area contributed by atoms with Crippen molar-refractivity contribution in [1.29, 1.82) is 0 Å². The van der Waals surface area contributed by atoms with Crippen molar-refractivity contribution < 1.29 is 17.9 Å². The minimum atomic E-state index is -3.11. The number of rotatable bonds is 7. The summed E-state index contributed by atoms with van der Waals surface area (Å²) in [5, 5.41) is 2.89. The van der Waals surface area contributed by atoms with E-state index in [4.69, 9.17) is 4.74 Å². The molecule has 0 bridgehead atoms. The Bertz CT molecular complexity index is 1090. The molecule has 0 fully saturated rings. The van der Waals surface area contributed by atoms with Gasteiger partial charge < -0.3 is 10.1 Å². The van der Waals surface area contributed by atoms with Gasteiger partial charge in [0.25, 0.3) is 5.91 Å². The van der Waals surface area contributed by atoms with Crippen molar-refractivity contribution in [3.8, 4) is 5.75 Å². The zero-order valence-corrected chi connectivity index (χ0v) is 17.2. The van der Waals surface area contributed by atoms with Gasteiger partial charge in [-0.1, -0.05) is 42.5 Å². The number of ether oxygens (including phenoxy) is 1. The van der Waals surface area contributed by atoms with Crippen LogP contribution in [0.4, 0.5) is 5.69 Å². The number of carbonyl (C=O) groups excluding carboxylic acids is 1. The molecule has 1 N–H and O–H groups in total. The molecule has 0 aliphatic carbocycles. The van der Waals surface area contributed by atoms with Crippen molar-refractivity contribution in [2.75, 3.05) is 18.7 Å². The molecule has 3 aromatic carbocycles. The molecule has 0 atom stereocenters. The van der Waals surface area contributed by atoms with Gasteiger partial charge in [-0.25, -0.2) is 8.42 Å². The first-order valence-corrected chi connectivity index (χ1v) is 11.2. The van der Waals surface area contributed by atoms with Crippen LogP contribution in [0.2, 0.25) is 0 Å². The predicted molar refractivity (Wildman–Crippen MR) is 115 cm³/mol. The zero-order chi connectivity index (χ0) is 20.9. The monoisotopic (exact) mass is 409 g/mol. The number of hydrogen-bond donors (Lipinski definition) is 1. The van der Waals surface area contributed by atoms with E-state index in [0.717, 1.165) is 16.9 Å². The fourth-order valence-corrected chi connectivity index (χ4v) is 3.87. The van der Waals surface area contributed by atoms with Crippen molar-refractivity contribution in [2.45, 2.75) is 12.2 Å². The predicted octanol–water partition coefficient (Wildman–Crippen LogP) is 4.08. The molecule has 1 amide bonds. The van der Waals surface area contributed by atoms with Gasteiger partial charge in [0.05, 0.1) is 12.9 Å². The molecule has 0 aromatic heterocycles. The largest absolute Gasteiger partial charge is 0.496 e. The maximum atomic E-state index is 12.6. The molecule has 0 aliphatic rings. The Kier molecular flexibility index (Phi) is 6.34. The third-order valence-corrected chi connectivity index (χ3v) is 5.28. The Morgan fingerprint density at radius 3 is 2.24 bits per heavy atom. The minimum Gasteiger partial charge on any atom is -0.496 e. The van der Waals surface area contributed by atoms with Crippen LogP contribution in [0.1, 0.15) is 27.0 Å². The highest BCUT2D eigenvalue weighted by Gasteiger charge is 2.11. The molecule has 6 heteroatoms. The lowest BCUT2D eigenvalue weighted by atomic mass is 10.0. The van der Waals surface area contributed by atoms with Crippen molar-refractivity contribution in [2.24, 2.45) is 0 Å². The molecule has 0 aliphatic heterocycles. The average Bonchev–Trinajstić information content (AvgIpc) is 2.68. The average molecular weight is 410 g/mol. The van der Waals surface area contributed by atoms with Gasteiger partial charge in [-0.05, 0) is 41.5 Å². The van der Waals surface area contributed by atoms with E-state index in [0.29, 0.717) is 23.2 Å². The van der Waals surface area contributed by atoms with E-state index in [-0.39, 0.29) is 11.7 Å². The first-order valence-electron chi connectivity index (χ1n) is 9.13. The summed E-state index contributed by atoms with van der Waals surface area (Å²) in [7, 11) is -1.48. The highest BCUT2D eigenvalue weighted by Crippen LogP contribution is 2.25. The van der Waals surface area contributed by atoms with E-state index in [9.17, 15) is 13.2 Å². The van der Waals surface area contributed by atoms with Crippen LogP contribution >= 0.6 is 0 Å². The quantitative estimate of drug-likeness (QED) is 0.638. The molecular weight excluding hydrogens is 386 g/mol. The highest BCUT2D eigenvalue weighted by atomic mass is 32.2. The number of sulfone groups is 1. The summed E-state index contributed by atoms with van der Waals surface area (Å²) in [5.41, 5.74) is 3.90. The first-order chi connectivity index (χ1) is 13.8. The van der Waals surface area contributed by atoms with Crippen LogP contribution < -0.4 is 10.1 Å². The second-order valence-corrected chi connectivity index (χ2v) is 9.05. The van der Waals surface area contributed by atoms with Gasteiger partial charge in [-0.2, -0.15) is 0 Å². The Morgan fingerprint density at radius 1 is 0.931 bits per heavy atom. The maximum Gasteiger partial charge on any atom is 0.255 e. The number of hydrogen-bond acceptors (Lipinski definition) is 4. The number of amides is 1. The topological polar surface area (TPSA) is 72.5 Å². The smallest absolute Gasteiger partial charge is 0.255 e. The van der Waals surface area contributed by atoms with Gasteiger partial charge >= 0.3 is 0 Å². The van der Waals surface area contributed by atoms with Crippen LogP contribution in [0.25, 0.3) is 0 Å². The number of benzene rings is 3. The molecule has 0 heterocycles. The van der Waals surface area contributed by atoms with Crippen molar-refractivity contribution in [3.05, 3.63) is 95.1 Å². The van der Waals surface area contributed by atoms with Crippen LogP contribution in [0.15, 0.2) is 72.8 Å². The number of anilines is 1. The third-order valence-electron chi connectivity index (χ3n) is 4.42. The first kappa shape index (κ1) is 20.6. The van der Waals surface area contributed by atoms with Gasteiger partial charge in [0, 0.05) is 29.5 Å². The third kappa shape index (κ3) is 5.93. The molecular formula is C23H23NO4S. The Balaban J connectivity index is 1.75. The molecule has 0 radical (unpaired) electrons. The summed E-state index contributed by atoms with van der Waals surface area (Å²) in [6.07, 6.45) is 1.87. The molecule has 0 saturated heterocycles. The number of nitrogens with one attached hydrogen (secondary N) is 1. The van der Waals surface area contributed by atoms with Crippen molar-refractivity contribution in [1.82, 2.24) is 0 Å². The fourth-order valence-electron chi connectivity index (χ4n) is 3.07. The summed E-state index contributed by atoms with van der Waals surface area (Å²) < 4.78 is 28.2. The number of methoxy groups -OCH3 is 1. The molecule has 5 nitrogen and oxygen atoms in total. The van der Waals surface area contributed by atoms with E-state index in [1.54, 1.807) is 37.4 Å². The van der Waals surface area contributed by atoms with E-state index in [1.807, 2.05) is 42.5 Å². The SMILES string of the molecule is COc1ccc(NC(=O)c2ccc(CS(C)(=O)=O)cc2)cc1Cc1ccccc1. The van der Waals surface area contributed by atoms with Crippen LogP contribution in [-0.4, -0.2) is 27.7 Å². The zero-order valence-electron chi connectivity index (χ0n) is 16.4. The Labute approximate surface area is 171 Å². The van der Waals surface area contributed by atoms with Crippen LogP contribution in [-0.2, 0) is 22.0 Å². The lowest BCUT2D eigenvalue weighted by Gasteiger charge is -2.12. The second-order valence-electron chi connectivity index (χ2n) is 6.91. The summed E-state index contributed by atoms with van der Waals surface area (Å²) in [4.78, 5) is 12.6. The van der Waals surface area contributed by atoms with Gasteiger partial charge in [0.2, 0.25) is 0 Å². The van der Waals surface area contributed by atoms with Crippen LogP contribution in [0.3, 0.4) is 0 Å². The van der Waals surface area contributed by atoms with Crippen molar-refractivity contribution in [3.63, 3.8) is 0 Å². The van der Waals surface area contributed by atoms with Gasteiger partial charge in [-0.3, -0.25) is 4.79 Å². The molecule has 3 rings (SSSR count). The second kappa shape index (κ2) is 8.92. The molecule has 0 spiro atoms. The van der Waals surface area contributed by atoms with Crippen LogP contribution in [0, 0.1) is 0 Å². The molecule has 29 heavy (non-hydrogen) atoms. The van der Waals surface area contributed by atoms with E-state index in [2.05, 4.69) is 5.32 Å². The standard InChI is InChI=1S/C23H23NO4S/c1-28-22-13-12-21(15-20(22)14-17-6-4-3-5-7-17)24-23(25)19-10-8-18(9-11-19)16-29(2,26)27/h3-13,15H,14,16H2,1-2H3,(H,24,25). The van der Waals surface area contributed by atoms with Gasteiger partial charge in [0.15, 0.2) is 9.84 Å². The highest BCUT2D eigenvalue weighted by molar-refractivity contribution is 7.89. The normalized spacial score (nSPS) is 11.1. The van der Waals surface area contributed by atoms with Crippen LogP contribution in [0.5, 0.6) is 5.75 Å². The van der Waals surface area contributed by atoms with Gasteiger partial charge in [0.1, 0.15) is 5.75 Å². The lowest BCUT2D eigenvalue weighted by Crippen LogP contribution is -2.12. The summed E-state index contributed by atoms with van der Waals surface area (Å²) in [6.45, 7) is 0. The summed E-state index contributed by atoms with van der Waals surface area (Å²) >= 11 is 0. The van der Waals surface area contributed by atoms with Crippen molar-refractivity contribution >= 4 is 21.4 Å². The molecule has 3 aromatic rings.